The van der Waals surface area contributed by atoms with Gasteiger partial charge in [-0.25, -0.2) is 23.7 Å². The molecule has 0 atom stereocenters. The molecule has 0 spiro atoms. The third-order valence-corrected chi connectivity index (χ3v) is 4.35. The van der Waals surface area contributed by atoms with Gasteiger partial charge in [-0.1, -0.05) is 0 Å². The van der Waals surface area contributed by atoms with Crippen molar-refractivity contribution in [3.8, 4) is 17.5 Å². The maximum absolute atomic E-state index is 14.2. The van der Waals surface area contributed by atoms with Gasteiger partial charge >= 0.3 is 0 Å². The number of anilines is 1. The number of aromatic nitrogens is 4. The van der Waals surface area contributed by atoms with Gasteiger partial charge in [0.2, 0.25) is 0 Å². The third kappa shape index (κ3) is 3.27. The summed E-state index contributed by atoms with van der Waals surface area (Å²) < 4.78 is 28.8. The van der Waals surface area contributed by atoms with E-state index >= 15 is 0 Å². The lowest BCUT2D eigenvalue weighted by Crippen LogP contribution is -2.27. The first-order valence-corrected chi connectivity index (χ1v) is 8.40. The van der Waals surface area contributed by atoms with Crippen molar-refractivity contribution in [3.05, 3.63) is 78.0 Å². The monoisotopic (exact) mass is 390 g/mol. The first-order valence-electron chi connectivity index (χ1n) is 8.40. The number of hydrogen-bond donors (Lipinski definition) is 0. The lowest BCUT2D eigenvalue weighted by atomic mass is 10.2. The number of nitrogens with zero attached hydrogens (tertiary/aromatic N) is 6. The maximum Gasteiger partial charge on any atom is 0.278 e. The number of amides is 1. The van der Waals surface area contributed by atoms with Crippen LogP contribution in [0.2, 0.25) is 0 Å². The number of imidazole rings is 1. The molecule has 29 heavy (non-hydrogen) atoms. The Kier molecular flexibility index (Phi) is 4.44. The van der Waals surface area contributed by atoms with Crippen LogP contribution in [0.1, 0.15) is 16.1 Å². The quantitative estimate of drug-likeness (QED) is 0.536. The highest BCUT2D eigenvalue weighted by Gasteiger charge is 2.18. The molecule has 7 nitrogen and oxygen atoms in total. The van der Waals surface area contributed by atoms with Crippen LogP contribution in [0, 0.1) is 23.0 Å². The molecule has 1 amide bonds. The van der Waals surface area contributed by atoms with Crippen LogP contribution in [0.25, 0.3) is 17.0 Å². The van der Waals surface area contributed by atoms with Crippen molar-refractivity contribution < 1.29 is 13.6 Å². The predicted octanol–water partition coefficient (Wildman–Crippen LogP) is 3.22. The fourth-order valence-electron chi connectivity index (χ4n) is 2.83. The topological polar surface area (TPSA) is 87.2 Å². The van der Waals surface area contributed by atoms with E-state index in [-0.39, 0.29) is 17.1 Å². The second-order valence-corrected chi connectivity index (χ2v) is 6.15. The number of hydrogen-bond acceptors (Lipinski definition) is 5. The lowest BCUT2D eigenvalue weighted by molar-refractivity contribution is 0.0988. The first-order chi connectivity index (χ1) is 14.0. The molecule has 4 aromatic rings. The fraction of sp³-hybridized carbons (Fsp3) is 0.0500. The Morgan fingerprint density at radius 1 is 1.10 bits per heavy atom. The van der Waals surface area contributed by atoms with Crippen LogP contribution in [0.3, 0.4) is 0 Å². The molecule has 1 aromatic carbocycles. The van der Waals surface area contributed by atoms with Gasteiger partial charge in [0.15, 0.2) is 11.5 Å². The molecule has 0 radical (unpaired) electrons. The second-order valence-electron chi connectivity index (χ2n) is 6.15. The van der Waals surface area contributed by atoms with Crippen LogP contribution in [0.5, 0.6) is 0 Å². The molecule has 0 saturated heterocycles. The normalized spacial score (nSPS) is 10.7. The van der Waals surface area contributed by atoms with E-state index < -0.39 is 17.5 Å². The van der Waals surface area contributed by atoms with Crippen LogP contribution < -0.4 is 4.90 Å². The molecule has 3 aromatic heterocycles. The van der Waals surface area contributed by atoms with Gasteiger partial charge in [0.05, 0.1) is 35.9 Å². The molecule has 0 saturated carbocycles. The van der Waals surface area contributed by atoms with E-state index in [1.54, 1.807) is 31.3 Å². The zero-order chi connectivity index (χ0) is 20.5. The zero-order valence-corrected chi connectivity index (χ0v) is 15.0. The van der Waals surface area contributed by atoms with Gasteiger partial charge in [0.1, 0.15) is 17.2 Å². The molecule has 9 heteroatoms. The maximum atomic E-state index is 14.2. The molecule has 0 aliphatic heterocycles. The van der Waals surface area contributed by atoms with E-state index in [9.17, 15) is 13.6 Å². The van der Waals surface area contributed by atoms with Crippen LogP contribution in [-0.2, 0) is 0 Å². The Hall–Kier alpha value is -4.19. The first kappa shape index (κ1) is 18.2. The summed E-state index contributed by atoms with van der Waals surface area (Å²) in [6.07, 6.45) is 5.08. The molecule has 142 valence electrons. The minimum absolute atomic E-state index is 0.0890. The molecule has 4 rings (SSSR count). The average molecular weight is 390 g/mol. The van der Waals surface area contributed by atoms with Crippen molar-refractivity contribution in [2.24, 2.45) is 0 Å². The van der Waals surface area contributed by atoms with Gasteiger partial charge in [-0.2, -0.15) is 5.26 Å². The lowest BCUT2D eigenvalue weighted by Gasteiger charge is -2.17. The van der Waals surface area contributed by atoms with Gasteiger partial charge in [-0.05, 0) is 24.3 Å². The van der Waals surface area contributed by atoms with Crippen molar-refractivity contribution in [1.82, 2.24) is 19.4 Å². The predicted molar refractivity (Wildman–Crippen MR) is 100 cm³/mol. The molecular weight excluding hydrogens is 378 g/mol. The molecule has 0 N–H and O–H groups in total. The smallest absolute Gasteiger partial charge is 0.278 e. The van der Waals surface area contributed by atoms with Gasteiger partial charge in [-0.15, -0.1) is 0 Å². The molecule has 0 unspecified atom stereocenters. The summed E-state index contributed by atoms with van der Waals surface area (Å²) in [5.74, 6) is -2.04. The summed E-state index contributed by atoms with van der Waals surface area (Å²) in [7, 11) is 1.58. The van der Waals surface area contributed by atoms with E-state index in [2.05, 4.69) is 15.0 Å². The number of rotatable bonds is 3. The number of nitriles is 1. The van der Waals surface area contributed by atoms with Gasteiger partial charge in [0.25, 0.3) is 5.91 Å². The third-order valence-electron chi connectivity index (χ3n) is 4.35. The van der Waals surface area contributed by atoms with Crippen molar-refractivity contribution in [2.75, 3.05) is 11.9 Å². The summed E-state index contributed by atoms with van der Waals surface area (Å²) in [5.41, 5.74) is 1.69. The van der Waals surface area contributed by atoms with Crippen molar-refractivity contribution >= 4 is 17.2 Å². The number of carbonyl (C=O) groups is 1. The van der Waals surface area contributed by atoms with Crippen LogP contribution in [0.4, 0.5) is 14.5 Å². The summed E-state index contributed by atoms with van der Waals surface area (Å²) in [4.78, 5) is 26.3. The van der Waals surface area contributed by atoms with Crippen LogP contribution in [-0.4, -0.2) is 32.3 Å². The number of pyridine rings is 1. The SMILES string of the molecule is CN(C(=O)c1cn2c(-c3ncc(F)cc3F)cnc2cn1)c1ccc(C#N)cc1. The van der Waals surface area contributed by atoms with Gasteiger partial charge in [0, 0.05) is 25.0 Å². The summed E-state index contributed by atoms with van der Waals surface area (Å²) in [5, 5.41) is 8.89. The van der Waals surface area contributed by atoms with Crippen LogP contribution in [0.15, 0.2) is 55.1 Å². The highest BCUT2D eigenvalue weighted by atomic mass is 19.1. The van der Waals surface area contributed by atoms with E-state index in [1.807, 2.05) is 6.07 Å². The fourth-order valence-corrected chi connectivity index (χ4v) is 2.83. The van der Waals surface area contributed by atoms with Gasteiger partial charge in [-0.3, -0.25) is 9.20 Å². The average Bonchev–Trinajstić information content (AvgIpc) is 3.16. The van der Waals surface area contributed by atoms with Crippen molar-refractivity contribution in [1.29, 1.82) is 5.26 Å². The van der Waals surface area contributed by atoms with E-state index in [1.165, 1.54) is 27.9 Å². The molecule has 3 heterocycles. The Morgan fingerprint density at radius 3 is 2.55 bits per heavy atom. The minimum atomic E-state index is -0.841. The Bertz CT molecular complexity index is 1280. The van der Waals surface area contributed by atoms with E-state index in [0.717, 1.165) is 12.3 Å². The number of fused-ring (bicyclic) bond motifs is 1. The van der Waals surface area contributed by atoms with E-state index in [0.29, 0.717) is 16.9 Å². The van der Waals surface area contributed by atoms with Gasteiger partial charge < -0.3 is 4.90 Å². The highest BCUT2D eigenvalue weighted by Crippen LogP contribution is 2.23. The number of benzene rings is 1. The summed E-state index contributed by atoms with van der Waals surface area (Å²) in [6, 6.07) is 9.25. The molecule has 0 aliphatic carbocycles. The largest absolute Gasteiger partial charge is 0.310 e. The molecule has 0 fully saturated rings. The number of carbonyl (C=O) groups excluding carboxylic acids is 1. The summed E-state index contributed by atoms with van der Waals surface area (Å²) in [6.45, 7) is 0. The standard InChI is InChI=1S/C20H12F2N6O/c1-27(14-4-2-12(7-23)3-5-14)20(29)16-11-28-17(9-25-18(28)10-24-16)19-15(22)6-13(21)8-26-19/h2-6,8-11H,1H3. The number of halogens is 2. The van der Waals surface area contributed by atoms with Crippen molar-refractivity contribution in [3.63, 3.8) is 0 Å². The Labute approximate surface area is 163 Å². The van der Waals surface area contributed by atoms with E-state index in [4.69, 9.17) is 5.26 Å². The zero-order valence-electron chi connectivity index (χ0n) is 15.0. The molecule has 0 bridgehead atoms. The second kappa shape index (κ2) is 7.09. The highest BCUT2D eigenvalue weighted by molar-refractivity contribution is 6.04. The minimum Gasteiger partial charge on any atom is -0.310 e. The Morgan fingerprint density at radius 2 is 1.86 bits per heavy atom. The molecular formula is C20H12F2N6O. The Balaban J connectivity index is 1.73. The van der Waals surface area contributed by atoms with Crippen LogP contribution >= 0.6 is 0 Å². The molecule has 0 aliphatic rings. The van der Waals surface area contributed by atoms with Crippen molar-refractivity contribution in [2.45, 2.75) is 0 Å². The summed E-state index contributed by atoms with van der Waals surface area (Å²) >= 11 is 0.